The predicted octanol–water partition coefficient (Wildman–Crippen LogP) is 2.25. The molecule has 1 saturated heterocycles. The first-order valence-corrected chi connectivity index (χ1v) is 8.32. The molecule has 1 aromatic carbocycles. The van der Waals surface area contributed by atoms with E-state index in [0.717, 1.165) is 42.4 Å². The molecule has 1 aliphatic rings. The number of benzene rings is 1. The lowest BCUT2D eigenvalue weighted by atomic mass is 10.0. The molecule has 0 unspecified atom stereocenters. The number of hydrogen-bond acceptors (Lipinski definition) is 4. The fourth-order valence-corrected chi connectivity index (χ4v) is 3.17. The SMILES string of the molecule is O=C(NC1CCNCC1)c1n[nH]c2ccc(-c3ccnc(F)c3)cc12. The predicted molar refractivity (Wildman–Crippen MR) is 92.6 cm³/mol. The first-order chi connectivity index (χ1) is 12.2. The Bertz CT molecular complexity index is 917. The number of hydrogen-bond donors (Lipinski definition) is 3. The van der Waals surface area contributed by atoms with E-state index in [1.165, 1.54) is 12.3 Å². The molecule has 7 heteroatoms. The monoisotopic (exact) mass is 339 g/mol. The molecule has 25 heavy (non-hydrogen) atoms. The van der Waals surface area contributed by atoms with Gasteiger partial charge in [-0.05, 0) is 55.3 Å². The average Bonchev–Trinajstić information content (AvgIpc) is 3.06. The zero-order chi connectivity index (χ0) is 17.2. The van der Waals surface area contributed by atoms with Gasteiger partial charge in [0.2, 0.25) is 5.95 Å². The van der Waals surface area contributed by atoms with Crippen LogP contribution in [-0.4, -0.2) is 40.2 Å². The molecule has 1 fully saturated rings. The quantitative estimate of drug-likeness (QED) is 0.639. The number of nitrogens with zero attached hydrogens (tertiary/aromatic N) is 2. The van der Waals surface area contributed by atoms with Crippen molar-refractivity contribution in [3.63, 3.8) is 0 Å². The van der Waals surface area contributed by atoms with Gasteiger partial charge in [0, 0.05) is 23.7 Å². The molecule has 0 bridgehead atoms. The van der Waals surface area contributed by atoms with Crippen molar-refractivity contribution in [2.75, 3.05) is 13.1 Å². The Kier molecular flexibility index (Phi) is 4.15. The zero-order valence-electron chi connectivity index (χ0n) is 13.6. The molecule has 0 radical (unpaired) electrons. The van der Waals surface area contributed by atoms with E-state index in [1.807, 2.05) is 18.2 Å². The number of aromatic nitrogens is 3. The lowest BCUT2D eigenvalue weighted by molar-refractivity contribution is 0.0926. The van der Waals surface area contributed by atoms with Gasteiger partial charge >= 0.3 is 0 Å². The second-order valence-electron chi connectivity index (χ2n) is 6.20. The highest BCUT2D eigenvalue weighted by molar-refractivity contribution is 6.05. The van der Waals surface area contributed by atoms with E-state index in [4.69, 9.17) is 0 Å². The number of pyridine rings is 1. The fraction of sp³-hybridized carbons (Fsp3) is 0.278. The van der Waals surface area contributed by atoms with Crippen molar-refractivity contribution in [1.29, 1.82) is 0 Å². The molecule has 1 aliphatic heterocycles. The van der Waals surface area contributed by atoms with Gasteiger partial charge in [-0.2, -0.15) is 9.49 Å². The summed E-state index contributed by atoms with van der Waals surface area (Å²) < 4.78 is 13.4. The molecular weight excluding hydrogens is 321 g/mol. The third kappa shape index (κ3) is 3.23. The molecule has 128 valence electrons. The summed E-state index contributed by atoms with van der Waals surface area (Å²) in [4.78, 5) is 16.2. The van der Waals surface area contributed by atoms with E-state index < -0.39 is 5.95 Å². The summed E-state index contributed by atoms with van der Waals surface area (Å²) in [5.41, 5.74) is 2.66. The number of rotatable bonds is 3. The molecule has 0 saturated carbocycles. The number of amides is 1. The second-order valence-corrected chi connectivity index (χ2v) is 6.20. The fourth-order valence-electron chi connectivity index (χ4n) is 3.17. The van der Waals surface area contributed by atoms with E-state index in [2.05, 4.69) is 25.8 Å². The van der Waals surface area contributed by atoms with Gasteiger partial charge in [0.1, 0.15) is 0 Å². The number of nitrogens with one attached hydrogen (secondary N) is 3. The molecule has 3 heterocycles. The van der Waals surface area contributed by atoms with Gasteiger partial charge in [-0.25, -0.2) is 4.98 Å². The molecular formula is C18H18FN5O. The van der Waals surface area contributed by atoms with Crippen LogP contribution in [0.3, 0.4) is 0 Å². The minimum atomic E-state index is -0.534. The molecule has 3 N–H and O–H groups in total. The third-order valence-electron chi connectivity index (χ3n) is 4.51. The number of aromatic amines is 1. The molecule has 0 aliphatic carbocycles. The zero-order valence-corrected chi connectivity index (χ0v) is 13.6. The summed E-state index contributed by atoms with van der Waals surface area (Å²) in [6.07, 6.45) is 3.25. The van der Waals surface area contributed by atoms with Gasteiger partial charge < -0.3 is 10.6 Å². The second kappa shape index (κ2) is 6.60. The Morgan fingerprint density at radius 2 is 1.96 bits per heavy atom. The number of carbonyl (C=O) groups excluding carboxylic acids is 1. The van der Waals surface area contributed by atoms with Crippen molar-refractivity contribution in [3.8, 4) is 11.1 Å². The number of fused-ring (bicyclic) bond motifs is 1. The van der Waals surface area contributed by atoms with Crippen LogP contribution in [0.1, 0.15) is 23.3 Å². The van der Waals surface area contributed by atoms with Gasteiger partial charge in [-0.15, -0.1) is 0 Å². The molecule has 0 spiro atoms. The Balaban J connectivity index is 1.65. The highest BCUT2D eigenvalue weighted by Gasteiger charge is 2.20. The summed E-state index contributed by atoms with van der Waals surface area (Å²) in [6, 6.07) is 8.83. The van der Waals surface area contributed by atoms with E-state index in [-0.39, 0.29) is 11.9 Å². The Morgan fingerprint density at radius 1 is 1.16 bits per heavy atom. The summed E-state index contributed by atoms with van der Waals surface area (Å²) in [7, 11) is 0. The lowest BCUT2D eigenvalue weighted by Crippen LogP contribution is -2.42. The van der Waals surface area contributed by atoms with E-state index in [9.17, 15) is 9.18 Å². The number of carbonyl (C=O) groups is 1. The molecule has 4 rings (SSSR count). The van der Waals surface area contributed by atoms with Crippen LogP contribution in [0.2, 0.25) is 0 Å². The van der Waals surface area contributed by atoms with Crippen molar-refractivity contribution >= 4 is 16.8 Å². The third-order valence-corrected chi connectivity index (χ3v) is 4.51. The van der Waals surface area contributed by atoms with Crippen LogP contribution in [0.15, 0.2) is 36.5 Å². The summed E-state index contributed by atoms with van der Waals surface area (Å²) >= 11 is 0. The van der Waals surface area contributed by atoms with Crippen LogP contribution in [0.25, 0.3) is 22.0 Å². The van der Waals surface area contributed by atoms with Crippen molar-refractivity contribution in [2.24, 2.45) is 0 Å². The molecule has 6 nitrogen and oxygen atoms in total. The maximum Gasteiger partial charge on any atom is 0.272 e. The highest BCUT2D eigenvalue weighted by atomic mass is 19.1. The number of H-pyrrole nitrogens is 1. The minimum Gasteiger partial charge on any atom is -0.348 e. The lowest BCUT2D eigenvalue weighted by Gasteiger charge is -2.23. The van der Waals surface area contributed by atoms with Crippen LogP contribution in [0, 0.1) is 5.95 Å². The van der Waals surface area contributed by atoms with Crippen molar-refractivity contribution < 1.29 is 9.18 Å². The first-order valence-electron chi connectivity index (χ1n) is 8.32. The van der Waals surface area contributed by atoms with Crippen LogP contribution in [-0.2, 0) is 0 Å². The number of piperidine rings is 1. The van der Waals surface area contributed by atoms with Crippen molar-refractivity contribution in [3.05, 3.63) is 48.2 Å². The van der Waals surface area contributed by atoms with Gasteiger partial charge in [0.05, 0.1) is 5.52 Å². The van der Waals surface area contributed by atoms with Gasteiger partial charge in [0.15, 0.2) is 5.69 Å². The Labute approximate surface area is 143 Å². The van der Waals surface area contributed by atoms with Crippen LogP contribution in [0.5, 0.6) is 0 Å². The Morgan fingerprint density at radius 3 is 2.76 bits per heavy atom. The van der Waals surface area contributed by atoms with Crippen molar-refractivity contribution in [2.45, 2.75) is 18.9 Å². The summed E-state index contributed by atoms with van der Waals surface area (Å²) in [6.45, 7) is 1.81. The molecule has 3 aromatic rings. The summed E-state index contributed by atoms with van der Waals surface area (Å²) in [5.74, 6) is -0.718. The van der Waals surface area contributed by atoms with Crippen LogP contribution >= 0.6 is 0 Å². The summed E-state index contributed by atoms with van der Waals surface area (Å²) in [5, 5.41) is 14.1. The first kappa shape index (κ1) is 15.7. The molecule has 0 atom stereocenters. The van der Waals surface area contributed by atoms with Crippen LogP contribution in [0.4, 0.5) is 4.39 Å². The smallest absolute Gasteiger partial charge is 0.272 e. The van der Waals surface area contributed by atoms with E-state index in [0.29, 0.717) is 11.3 Å². The normalized spacial score (nSPS) is 15.4. The van der Waals surface area contributed by atoms with Gasteiger partial charge in [0.25, 0.3) is 5.91 Å². The Hall–Kier alpha value is -2.80. The van der Waals surface area contributed by atoms with Gasteiger partial charge in [-0.3, -0.25) is 9.89 Å². The standard InChI is InChI=1S/C18H18FN5O/c19-16-10-12(3-8-21-16)11-1-2-15-14(9-11)17(24-23-15)18(25)22-13-4-6-20-7-5-13/h1-3,8-10,13,20H,4-7H2,(H,22,25)(H,23,24). The number of halogens is 1. The van der Waals surface area contributed by atoms with Gasteiger partial charge in [-0.1, -0.05) is 6.07 Å². The largest absolute Gasteiger partial charge is 0.348 e. The van der Waals surface area contributed by atoms with E-state index >= 15 is 0 Å². The maximum atomic E-state index is 13.4. The minimum absolute atomic E-state index is 0.165. The highest BCUT2D eigenvalue weighted by Crippen LogP contribution is 2.25. The van der Waals surface area contributed by atoms with Crippen molar-refractivity contribution in [1.82, 2.24) is 25.8 Å². The topological polar surface area (TPSA) is 82.7 Å². The van der Waals surface area contributed by atoms with Crippen LogP contribution < -0.4 is 10.6 Å². The van der Waals surface area contributed by atoms with E-state index in [1.54, 1.807) is 6.07 Å². The average molecular weight is 339 g/mol. The maximum absolute atomic E-state index is 13.4. The molecule has 2 aromatic heterocycles. The molecule has 1 amide bonds.